The van der Waals surface area contributed by atoms with Crippen LogP contribution in [0.5, 0.6) is 0 Å². The average Bonchev–Trinajstić information content (AvgIpc) is 3.00. The molecule has 0 saturated carbocycles. The number of carbonyl (C=O) groups is 2. The lowest BCUT2D eigenvalue weighted by Crippen LogP contribution is -2.40. The Kier molecular flexibility index (Phi) is 5.30. The fraction of sp³-hybridized carbons (Fsp3) is 0.312. The normalized spacial score (nSPS) is 11.9. The van der Waals surface area contributed by atoms with Crippen LogP contribution in [0, 0.1) is 0 Å². The Morgan fingerprint density at radius 3 is 2.59 bits per heavy atom. The maximum atomic E-state index is 12.1. The number of aromatic nitrogens is 2. The van der Waals surface area contributed by atoms with Crippen LogP contribution in [0.3, 0.4) is 0 Å². The first-order chi connectivity index (χ1) is 10.6. The first-order valence-electron chi connectivity index (χ1n) is 7.18. The van der Waals surface area contributed by atoms with Crippen LogP contribution < -0.4 is 5.32 Å². The summed E-state index contributed by atoms with van der Waals surface area (Å²) in [7, 11) is 0. The summed E-state index contributed by atoms with van der Waals surface area (Å²) >= 11 is 0. The lowest BCUT2D eigenvalue weighted by atomic mass is 10.1. The molecule has 0 aliphatic heterocycles. The summed E-state index contributed by atoms with van der Waals surface area (Å²) in [5, 5.41) is 11.6. The second-order valence-corrected chi connectivity index (χ2v) is 5.08. The Bertz CT molecular complexity index is 621. The van der Waals surface area contributed by atoms with Crippen molar-refractivity contribution in [3.63, 3.8) is 0 Å². The number of nitrogens with one attached hydrogen (secondary N) is 1. The van der Waals surface area contributed by atoms with Crippen LogP contribution in [0.2, 0.25) is 0 Å². The zero-order valence-corrected chi connectivity index (χ0v) is 12.4. The van der Waals surface area contributed by atoms with Crippen LogP contribution in [-0.2, 0) is 11.3 Å². The number of hydrogen-bond acceptors (Lipinski definition) is 3. The van der Waals surface area contributed by atoms with Gasteiger partial charge in [-0.25, -0.2) is 9.78 Å². The Morgan fingerprint density at radius 1 is 1.32 bits per heavy atom. The Hall–Kier alpha value is -2.63. The molecule has 6 nitrogen and oxygen atoms in total. The Labute approximate surface area is 128 Å². The average molecular weight is 301 g/mol. The number of carboxylic acids is 1. The number of imidazole rings is 1. The van der Waals surface area contributed by atoms with Crippen molar-refractivity contribution in [2.75, 3.05) is 0 Å². The Morgan fingerprint density at radius 2 is 2.05 bits per heavy atom. The molecule has 116 valence electrons. The summed E-state index contributed by atoms with van der Waals surface area (Å²) in [6.07, 6.45) is 6.41. The summed E-state index contributed by atoms with van der Waals surface area (Å²) in [5.41, 5.74) is 1.50. The molecule has 22 heavy (non-hydrogen) atoms. The standard InChI is InChI=1S/C16H19N3O3/c1-2-3-14(16(21)22)18-15(20)13-6-4-12(5-7-13)10-19-9-8-17-11-19/h4-9,11,14H,2-3,10H2,1H3,(H,18,20)(H,21,22). The van der Waals surface area contributed by atoms with Crippen LogP contribution in [-0.4, -0.2) is 32.6 Å². The van der Waals surface area contributed by atoms with Gasteiger partial charge < -0.3 is 15.0 Å². The molecule has 0 bridgehead atoms. The minimum absolute atomic E-state index is 0.366. The van der Waals surface area contributed by atoms with E-state index in [9.17, 15) is 9.59 Å². The van der Waals surface area contributed by atoms with E-state index in [1.165, 1.54) is 0 Å². The molecule has 1 amide bonds. The van der Waals surface area contributed by atoms with Crippen molar-refractivity contribution < 1.29 is 14.7 Å². The number of carbonyl (C=O) groups excluding carboxylic acids is 1. The molecular weight excluding hydrogens is 282 g/mol. The molecule has 1 atom stereocenters. The highest BCUT2D eigenvalue weighted by Crippen LogP contribution is 2.07. The van der Waals surface area contributed by atoms with Crippen LogP contribution in [0.1, 0.15) is 35.7 Å². The van der Waals surface area contributed by atoms with E-state index in [1.54, 1.807) is 24.7 Å². The third-order valence-electron chi connectivity index (χ3n) is 3.32. The summed E-state index contributed by atoms with van der Waals surface area (Å²) in [5.74, 6) is -1.37. The first kappa shape index (κ1) is 15.8. The van der Waals surface area contributed by atoms with Gasteiger partial charge in [-0.05, 0) is 24.1 Å². The molecular formula is C16H19N3O3. The van der Waals surface area contributed by atoms with Crippen molar-refractivity contribution in [1.82, 2.24) is 14.9 Å². The second kappa shape index (κ2) is 7.40. The van der Waals surface area contributed by atoms with Gasteiger partial charge in [0.05, 0.1) is 6.33 Å². The second-order valence-electron chi connectivity index (χ2n) is 5.08. The van der Waals surface area contributed by atoms with Crippen LogP contribution in [0.15, 0.2) is 43.0 Å². The maximum Gasteiger partial charge on any atom is 0.326 e. The van der Waals surface area contributed by atoms with Gasteiger partial charge >= 0.3 is 5.97 Å². The van der Waals surface area contributed by atoms with E-state index in [1.807, 2.05) is 29.8 Å². The predicted octanol–water partition coefficient (Wildman–Crippen LogP) is 1.91. The maximum absolute atomic E-state index is 12.1. The molecule has 1 aromatic carbocycles. The van der Waals surface area contributed by atoms with Crippen molar-refractivity contribution >= 4 is 11.9 Å². The van der Waals surface area contributed by atoms with E-state index < -0.39 is 12.0 Å². The molecule has 2 rings (SSSR count). The van der Waals surface area contributed by atoms with Crippen molar-refractivity contribution in [2.24, 2.45) is 0 Å². The molecule has 1 heterocycles. The lowest BCUT2D eigenvalue weighted by molar-refractivity contribution is -0.139. The van der Waals surface area contributed by atoms with E-state index in [4.69, 9.17) is 5.11 Å². The monoisotopic (exact) mass is 301 g/mol. The van der Waals surface area contributed by atoms with Crippen molar-refractivity contribution in [3.8, 4) is 0 Å². The molecule has 0 fully saturated rings. The topological polar surface area (TPSA) is 84.2 Å². The lowest BCUT2D eigenvalue weighted by Gasteiger charge is -2.13. The molecule has 1 unspecified atom stereocenters. The van der Waals surface area contributed by atoms with Gasteiger partial charge in [0, 0.05) is 24.5 Å². The molecule has 0 saturated heterocycles. The van der Waals surface area contributed by atoms with Crippen LogP contribution >= 0.6 is 0 Å². The van der Waals surface area contributed by atoms with Gasteiger partial charge in [0.15, 0.2) is 0 Å². The largest absolute Gasteiger partial charge is 0.480 e. The summed E-state index contributed by atoms with van der Waals surface area (Å²) in [6.45, 7) is 2.56. The minimum Gasteiger partial charge on any atom is -0.480 e. The van der Waals surface area contributed by atoms with E-state index in [-0.39, 0.29) is 5.91 Å². The number of nitrogens with zero attached hydrogens (tertiary/aromatic N) is 2. The predicted molar refractivity (Wildman–Crippen MR) is 81.6 cm³/mol. The van der Waals surface area contributed by atoms with E-state index in [0.717, 1.165) is 5.56 Å². The smallest absolute Gasteiger partial charge is 0.326 e. The van der Waals surface area contributed by atoms with Crippen molar-refractivity contribution in [1.29, 1.82) is 0 Å². The molecule has 2 N–H and O–H groups in total. The molecule has 2 aromatic rings. The third kappa shape index (κ3) is 4.18. The number of amides is 1. The number of aliphatic carboxylic acids is 1. The number of benzene rings is 1. The highest BCUT2D eigenvalue weighted by molar-refractivity contribution is 5.96. The summed E-state index contributed by atoms with van der Waals surface area (Å²) in [4.78, 5) is 27.1. The quantitative estimate of drug-likeness (QED) is 0.818. The van der Waals surface area contributed by atoms with E-state index in [0.29, 0.717) is 24.9 Å². The van der Waals surface area contributed by atoms with E-state index >= 15 is 0 Å². The number of hydrogen-bond donors (Lipinski definition) is 2. The summed E-state index contributed by atoms with van der Waals surface area (Å²) in [6, 6.07) is 6.26. The molecule has 0 aliphatic carbocycles. The molecule has 0 aliphatic rings. The fourth-order valence-corrected chi connectivity index (χ4v) is 2.14. The van der Waals surface area contributed by atoms with Gasteiger partial charge in [-0.2, -0.15) is 0 Å². The zero-order chi connectivity index (χ0) is 15.9. The fourth-order valence-electron chi connectivity index (χ4n) is 2.14. The highest BCUT2D eigenvalue weighted by Gasteiger charge is 2.19. The third-order valence-corrected chi connectivity index (χ3v) is 3.32. The van der Waals surface area contributed by atoms with Crippen LogP contribution in [0.4, 0.5) is 0 Å². The number of rotatable bonds is 7. The van der Waals surface area contributed by atoms with Gasteiger partial charge in [-0.3, -0.25) is 4.79 Å². The van der Waals surface area contributed by atoms with Crippen molar-refractivity contribution in [3.05, 3.63) is 54.1 Å². The van der Waals surface area contributed by atoms with Gasteiger partial charge in [0.2, 0.25) is 0 Å². The van der Waals surface area contributed by atoms with Gasteiger partial charge in [-0.1, -0.05) is 25.5 Å². The van der Waals surface area contributed by atoms with Gasteiger partial charge in [0.1, 0.15) is 6.04 Å². The minimum atomic E-state index is -1.01. The highest BCUT2D eigenvalue weighted by atomic mass is 16.4. The SMILES string of the molecule is CCCC(NC(=O)c1ccc(Cn2ccnc2)cc1)C(=O)O. The van der Waals surface area contributed by atoms with Crippen LogP contribution in [0.25, 0.3) is 0 Å². The number of carboxylic acid groups (broad SMARTS) is 1. The molecule has 0 spiro atoms. The van der Waals surface area contributed by atoms with Gasteiger partial charge in [-0.15, -0.1) is 0 Å². The zero-order valence-electron chi connectivity index (χ0n) is 12.4. The van der Waals surface area contributed by atoms with Crippen molar-refractivity contribution in [2.45, 2.75) is 32.4 Å². The van der Waals surface area contributed by atoms with E-state index in [2.05, 4.69) is 10.3 Å². The molecule has 0 radical (unpaired) electrons. The molecule has 6 heteroatoms. The van der Waals surface area contributed by atoms with Gasteiger partial charge in [0.25, 0.3) is 5.91 Å². The first-order valence-corrected chi connectivity index (χ1v) is 7.18. The molecule has 1 aromatic heterocycles. The Balaban J connectivity index is 2.00. The summed E-state index contributed by atoms with van der Waals surface area (Å²) < 4.78 is 1.93.